The fourth-order valence-electron chi connectivity index (χ4n) is 1.11. The zero-order valence-electron chi connectivity index (χ0n) is 7.99. The van der Waals surface area contributed by atoms with E-state index in [0.29, 0.717) is 0 Å². The summed E-state index contributed by atoms with van der Waals surface area (Å²) in [6.07, 6.45) is -1.08. The average molecular weight is 228 g/mol. The molecule has 84 valence electrons. The lowest BCUT2D eigenvalue weighted by Crippen LogP contribution is -2.11. The average Bonchev–Trinajstić information content (AvgIpc) is 3.00. The van der Waals surface area contributed by atoms with Crippen LogP contribution in [-0.2, 0) is 11.0 Å². The van der Waals surface area contributed by atoms with Gasteiger partial charge in [0, 0.05) is 0 Å². The van der Waals surface area contributed by atoms with Crippen LogP contribution in [0, 0.1) is 5.92 Å². The number of ether oxygens (including phenoxy) is 1. The molecule has 1 aliphatic carbocycles. The number of benzene rings is 1. The van der Waals surface area contributed by atoms with E-state index in [9.17, 15) is 18.0 Å². The lowest BCUT2D eigenvalue weighted by molar-refractivity contribution is -0.137. The Morgan fingerprint density at radius 2 is 1.69 bits per heavy atom. The Morgan fingerprint density at radius 3 is 2.12 bits per heavy atom. The molecule has 0 N–H and O–H groups in total. The Morgan fingerprint density at radius 1 is 1.12 bits per heavy atom. The lowest BCUT2D eigenvalue weighted by atomic mass is 10.2. The molecule has 2 nitrogen and oxygen atoms in total. The minimum atomic E-state index is -4.37. The first kappa shape index (κ1) is 10.7. The predicted molar refractivity (Wildman–Crippen MR) is 49.7 cm³/mol. The van der Waals surface area contributed by atoms with E-state index in [1.54, 1.807) is 12.2 Å². The van der Waals surface area contributed by atoms with Crippen molar-refractivity contribution in [3.63, 3.8) is 0 Å². The molecule has 0 aromatic heterocycles. The fraction of sp³-hybridized carbons (Fsp3) is 0.182. The first-order chi connectivity index (χ1) is 7.47. The van der Waals surface area contributed by atoms with E-state index in [1.807, 2.05) is 0 Å². The third-order valence-electron chi connectivity index (χ3n) is 2.06. The van der Waals surface area contributed by atoms with Crippen molar-refractivity contribution >= 4 is 5.97 Å². The number of halogens is 3. The lowest BCUT2D eigenvalue weighted by Gasteiger charge is -2.07. The van der Waals surface area contributed by atoms with Crippen LogP contribution in [0.5, 0.6) is 5.75 Å². The van der Waals surface area contributed by atoms with Gasteiger partial charge in [0.25, 0.3) is 0 Å². The third-order valence-corrected chi connectivity index (χ3v) is 2.06. The first-order valence-electron chi connectivity index (χ1n) is 4.54. The molecule has 0 aliphatic heterocycles. The van der Waals surface area contributed by atoms with E-state index >= 15 is 0 Å². The maximum Gasteiger partial charge on any atom is 0.416 e. The van der Waals surface area contributed by atoms with Crippen LogP contribution in [0.15, 0.2) is 36.4 Å². The van der Waals surface area contributed by atoms with E-state index in [0.717, 1.165) is 24.3 Å². The zero-order chi connectivity index (χ0) is 11.8. The number of rotatable bonds is 2. The second kappa shape index (κ2) is 3.66. The maximum absolute atomic E-state index is 12.2. The Balaban J connectivity index is 2.04. The summed E-state index contributed by atoms with van der Waals surface area (Å²) in [4.78, 5) is 11.1. The van der Waals surface area contributed by atoms with Crippen LogP contribution in [0.1, 0.15) is 5.56 Å². The normalized spacial score (nSPS) is 14.9. The highest BCUT2D eigenvalue weighted by atomic mass is 19.4. The molecular weight excluding hydrogens is 221 g/mol. The van der Waals surface area contributed by atoms with Crippen LogP contribution in [0.3, 0.4) is 0 Å². The van der Waals surface area contributed by atoms with Gasteiger partial charge in [-0.1, -0.05) is 12.2 Å². The van der Waals surface area contributed by atoms with E-state index in [2.05, 4.69) is 0 Å². The Kier molecular flexibility index (Phi) is 2.46. The molecule has 0 saturated heterocycles. The number of carbonyl (C=O) groups excluding carboxylic acids is 1. The van der Waals surface area contributed by atoms with Crippen LogP contribution < -0.4 is 4.74 Å². The summed E-state index contributed by atoms with van der Waals surface area (Å²) >= 11 is 0. The van der Waals surface area contributed by atoms with Crippen molar-refractivity contribution in [3.05, 3.63) is 42.0 Å². The molecule has 1 aliphatic rings. The number of hydrogen-bond donors (Lipinski definition) is 0. The number of esters is 1. The molecule has 0 fully saturated rings. The van der Waals surface area contributed by atoms with Gasteiger partial charge >= 0.3 is 12.1 Å². The van der Waals surface area contributed by atoms with Gasteiger partial charge in [0.05, 0.1) is 11.5 Å². The van der Waals surface area contributed by atoms with Gasteiger partial charge in [0.15, 0.2) is 0 Å². The molecule has 0 spiro atoms. The molecule has 2 rings (SSSR count). The van der Waals surface area contributed by atoms with Gasteiger partial charge in [-0.2, -0.15) is 13.2 Å². The van der Waals surface area contributed by atoms with Gasteiger partial charge in [0.1, 0.15) is 5.75 Å². The van der Waals surface area contributed by atoms with Crippen molar-refractivity contribution in [1.29, 1.82) is 0 Å². The molecular formula is C11H7F3O2. The highest BCUT2D eigenvalue weighted by molar-refractivity contribution is 5.82. The van der Waals surface area contributed by atoms with Crippen molar-refractivity contribution in [1.82, 2.24) is 0 Å². The van der Waals surface area contributed by atoms with Crippen molar-refractivity contribution < 1.29 is 22.7 Å². The topological polar surface area (TPSA) is 26.3 Å². The molecule has 0 amide bonds. The molecule has 1 aromatic carbocycles. The second-order valence-corrected chi connectivity index (χ2v) is 3.35. The van der Waals surface area contributed by atoms with E-state index in [1.165, 1.54) is 0 Å². The fourth-order valence-corrected chi connectivity index (χ4v) is 1.11. The van der Waals surface area contributed by atoms with Crippen molar-refractivity contribution in [2.24, 2.45) is 5.92 Å². The van der Waals surface area contributed by atoms with E-state index in [-0.39, 0.29) is 11.7 Å². The molecule has 0 atom stereocenters. The number of carbonyl (C=O) groups is 1. The van der Waals surface area contributed by atoms with Crippen LogP contribution in [-0.4, -0.2) is 5.97 Å². The summed E-state index contributed by atoms with van der Waals surface area (Å²) in [5, 5.41) is 0. The second-order valence-electron chi connectivity index (χ2n) is 3.35. The minimum Gasteiger partial charge on any atom is -0.426 e. The third kappa shape index (κ3) is 2.42. The van der Waals surface area contributed by atoms with Crippen LogP contribution in [0.4, 0.5) is 13.2 Å². The summed E-state index contributed by atoms with van der Waals surface area (Å²) in [6, 6.07) is 4.01. The van der Waals surface area contributed by atoms with Crippen molar-refractivity contribution in [3.8, 4) is 5.75 Å². The SMILES string of the molecule is O=C(Oc1ccc(C(F)(F)F)cc1)C1C=C1. The summed E-state index contributed by atoms with van der Waals surface area (Å²) < 4.78 is 41.4. The Bertz CT molecular complexity index is 426. The van der Waals surface area contributed by atoms with Gasteiger partial charge in [-0.05, 0) is 24.3 Å². The quantitative estimate of drug-likeness (QED) is 0.442. The van der Waals surface area contributed by atoms with Gasteiger partial charge in [-0.3, -0.25) is 4.79 Å². The van der Waals surface area contributed by atoms with Gasteiger partial charge < -0.3 is 4.74 Å². The van der Waals surface area contributed by atoms with Gasteiger partial charge in [-0.25, -0.2) is 0 Å². The molecule has 0 unspecified atom stereocenters. The Labute approximate surface area is 89.3 Å². The van der Waals surface area contributed by atoms with Gasteiger partial charge in [0.2, 0.25) is 0 Å². The first-order valence-corrected chi connectivity index (χ1v) is 4.54. The summed E-state index contributed by atoms with van der Waals surface area (Å²) in [6.45, 7) is 0. The Hall–Kier alpha value is -1.78. The predicted octanol–water partition coefficient (Wildman–Crippen LogP) is 2.80. The molecule has 16 heavy (non-hydrogen) atoms. The molecule has 5 heteroatoms. The molecule has 0 saturated carbocycles. The summed E-state index contributed by atoms with van der Waals surface area (Å²) in [5.41, 5.74) is -0.767. The van der Waals surface area contributed by atoms with Crippen LogP contribution >= 0.6 is 0 Å². The zero-order valence-corrected chi connectivity index (χ0v) is 7.99. The van der Waals surface area contributed by atoms with E-state index in [4.69, 9.17) is 4.74 Å². The van der Waals surface area contributed by atoms with Crippen molar-refractivity contribution in [2.45, 2.75) is 6.18 Å². The maximum atomic E-state index is 12.2. The van der Waals surface area contributed by atoms with E-state index < -0.39 is 17.7 Å². The van der Waals surface area contributed by atoms with Crippen molar-refractivity contribution in [2.75, 3.05) is 0 Å². The smallest absolute Gasteiger partial charge is 0.416 e. The summed E-state index contributed by atoms with van der Waals surface area (Å²) in [7, 11) is 0. The van der Waals surface area contributed by atoms with Crippen LogP contribution in [0.2, 0.25) is 0 Å². The molecule has 0 radical (unpaired) electrons. The molecule has 0 bridgehead atoms. The monoisotopic (exact) mass is 228 g/mol. The number of alkyl halides is 3. The van der Waals surface area contributed by atoms with Gasteiger partial charge in [-0.15, -0.1) is 0 Å². The molecule has 1 aromatic rings. The largest absolute Gasteiger partial charge is 0.426 e. The highest BCUT2D eigenvalue weighted by Crippen LogP contribution is 2.30. The number of hydrogen-bond acceptors (Lipinski definition) is 2. The minimum absolute atomic E-state index is 0.117. The standard InChI is InChI=1S/C11H7F3O2/c12-11(13,14)8-3-5-9(6-4-8)16-10(15)7-1-2-7/h1-7H. The van der Waals surface area contributed by atoms with Crippen LogP contribution in [0.25, 0.3) is 0 Å². The highest BCUT2D eigenvalue weighted by Gasteiger charge is 2.30. The summed E-state index contributed by atoms with van der Waals surface area (Å²) in [5.74, 6) is -0.672. The molecule has 0 heterocycles.